The fraction of sp³-hybridized carbons (Fsp3) is 0. The summed E-state index contributed by atoms with van der Waals surface area (Å²) in [4.78, 5) is 2.47. The molecule has 0 aliphatic carbocycles. The van der Waals surface area contributed by atoms with Crippen molar-refractivity contribution in [2.24, 2.45) is 0 Å². The lowest BCUT2D eigenvalue weighted by Gasteiger charge is -1.99. The van der Waals surface area contributed by atoms with Gasteiger partial charge in [0.05, 0.1) is 0 Å². The van der Waals surface area contributed by atoms with E-state index in [9.17, 15) is 0 Å². The molecule has 0 unspecified atom stereocenters. The third-order valence-electron chi connectivity index (χ3n) is 1.48. The van der Waals surface area contributed by atoms with Gasteiger partial charge < -0.3 is 0 Å². The van der Waals surface area contributed by atoms with Crippen molar-refractivity contribution in [1.82, 2.24) is 0 Å². The standard InChI is InChI=1S/C9H7S/c1-7-6-8-4-2-3-5-9(8)10-7/h2-6H,1H2/q-1. The molecule has 1 aromatic carbocycles. The number of hydrogen-bond acceptors (Lipinski definition) is 1. The Hall–Kier alpha value is -0.820. The van der Waals surface area contributed by atoms with E-state index in [0.29, 0.717) is 0 Å². The highest BCUT2D eigenvalue weighted by Gasteiger charge is 2.03. The first-order valence-corrected chi connectivity index (χ1v) is 3.98. The van der Waals surface area contributed by atoms with Crippen molar-refractivity contribution in [3.8, 4) is 0 Å². The lowest BCUT2D eigenvalue weighted by molar-refractivity contribution is 1.38. The maximum Gasteiger partial charge on any atom is -0.0632 e. The molecule has 0 fully saturated rings. The van der Waals surface area contributed by atoms with Crippen molar-refractivity contribution in [2.75, 3.05) is 0 Å². The summed E-state index contributed by atoms with van der Waals surface area (Å²) >= 11 is 1.74. The van der Waals surface area contributed by atoms with Gasteiger partial charge >= 0.3 is 0 Å². The molecule has 0 radical (unpaired) electrons. The zero-order chi connectivity index (χ0) is 6.97. The van der Waals surface area contributed by atoms with Crippen LogP contribution in [0.1, 0.15) is 5.56 Å². The van der Waals surface area contributed by atoms with Gasteiger partial charge in [0.15, 0.2) is 0 Å². The highest BCUT2D eigenvalue weighted by Crippen LogP contribution is 2.39. The van der Waals surface area contributed by atoms with Crippen LogP contribution in [0.5, 0.6) is 0 Å². The van der Waals surface area contributed by atoms with Crippen molar-refractivity contribution in [2.45, 2.75) is 4.90 Å². The van der Waals surface area contributed by atoms with Crippen LogP contribution in [0.3, 0.4) is 0 Å². The zero-order valence-corrected chi connectivity index (χ0v) is 6.32. The largest absolute Gasteiger partial charge is 0.163 e. The Bertz CT molecular complexity index is 249. The number of thioether (sulfide) groups is 1. The van der Waals surface area contributed by atoms with Crippen LogP contribution in [0.15, 0.2) is 40.6 Å². The fourth-order valence-corrected chi connectivity index (χ4v) is 1.90. The molecule has 0 amide bonds. The predicted molar refractivity (Wildman–Crippen MR) is 44.8 cm³/mol. The lowest BCUT2D eigenvalue weighted by atomic mass is 10.2. The van der Waals surface area contributed by atoms with E-state index < -0.39 is 0 Å². The molecule has 2 rings (SSSR count). The second-order valence-electron chi connectivity index (χ2n) is 2.25. The van der Waals surface area contributed by atoms with Crippen LogP contribution in [-0.2, 0) is 0 Å². The van der Waals surface area contributed by atoms with Gasteiger partial charge in [0.25, 0.3) is 0 Å². The molecule has 0 N–H and O–H groups in total. The third-order valence-corrected chi connectivity index (χ3v) is 2.45. The molecule has 1 aromatic rings. The van der Waals surface area contributed by atoms with Crippen molar-refractivity contribution >= 4 is 11.8 Å². The molecule has 1 aliphatic rings. The minimum atomic E-state index is 1.14. The molecule has 0 spiro atoms. The van der Waals surface area contributed by atoms with Crippen molar-refractivity contribution in [1.29, 1.82) is 0 Å². The Morgan fingerprint density at radius 1 is 1.30 bits per heavy atom. The first-order chi connectivity index (χ1) is 4.86. The first-order valence-electron chi connectivity index (χ1n) is 3.17. The average Bonchev–Trinajstić information content (AvgIpc) is 2.27. The molecule has 0 atom stereocenters. The van der Waals surface area contributed by atoms with Crippen molar-refractivity contribution in [3.05, 3.63) is 47.7 Å². The zero-order valence-electron chi connectivity index (χ0n) is 5.50. The number of rotatable bonds is 0. The Balaban J connectivity index is 2.51. The molecule has 50 valence electrons. The second kappa shape index (κ2) is 2.10. The van der Waals surface area contributed by atoms with Gasteiger partial charge in [-0.3, -0.25) is 0 Å². The molecule has 10 heavy (non-hydrogen) atoms. The van der Waals surface area contributed by atoms with Gasteiger partial charge in [0.1, 0.15) is 0 Å². The average molecular weight is 147 g/mol. The van der Waals surface area contributed by atoms with Gasteiger partial charge in [0, 0.05) is 0 Å². The highest BCUT2D eigenvalue weighted by molar-refractivity contribution is 8.03. The molecule has 1 aliphatic heterocycles. The van der Waals surface area contributed by atoms with Crippen LogP contribution in [-0.4, -0.2) is 0 Å². The summed E-state index contributed by atoms with van der Waals surface area (Å²) in [6.45, 7) is 3.88. The van der Waals surface area contributed by atoms with Gasteiger partial charge in [-0.1, -0.05) is 21.9 Å². The Labute approximate surface area is 65.0 Å². The van der Waals surface area contributed by atoms with Gasteiger partial charge in [-0.05, 0) is 0 Å². The molecule has 0 bridgehead atoms. The Morgan fingerprint density at radius 2 is 2.10 bits per heavy atom. The summed E-state index contributed by atoms with van der Waals surface area (Å²) in [5.41, 5.74) is 1.30. The van der Waals surface area contributed by atoms with Gasteiger partial charge in [-0.15, -0.1) is 24.1 Å². The van der Waals surface area contributed by atoms with E-state index in [4.69, 9.17) is 0 Å². The second-order valence-corrected chi connectivity index (χ2v) is 3.42. The summed E-state index contributed by atoms with van der Waals surface area (Å²) in [6, 6.07) is 8.34. The summed E-state index contributed by atoms with van der Waals surface area (Å²) in [5.74, 6) is 0. The van der Waals surface area contributed by atoms with Gasteiger partial charge in [-0.2, -0.15) is 18.3 Å². The van der Waals surface area contributed by atoms with Crippen LogP contribution >= 0.6 is 11.8 Å². The molecule has 0 aromatic heterocycles. The highest BCUT2D eigenvalue weighted by atomic mass is 32.2. The molecule has 1 heterocycles. The van der Waals surface area contributed by atoms with Crippen molar-refractivity contribution < 1.29 is 0 Å². The third kappa shape index (κ3) is 0.830. The predicted octanol–water partition coefficient (Wildman–Crippen LogP) is 2.86. The first kappa shape index (κ1) is 5.93. The van der Waals surface area contributed by atoms with E-state index in [1.807, 2.05) is 0 Å². The summed E-state index contributed by atoms with van der Waals surface area (Å²) in [5, 5.41) is 0. The minimum Gasteiger partial charge on any atom is -0.163 e. The Kier molecular flexibility index (Phi) is 1.24. The van der Waals surface area contributed by atoms with E-state index in [0.717, 1.165) is 4.91 Å². The van der Waals surface area contributed by atoms with E-state index in [1.54, 1.807) is 11.8 Å². The lowest BCUT2D eigenvalue weighted by Crippen LogP contribution is -1.72. The summed E-state index contributed by atoms with van der Waals surface area (Å²) in [7, 11) is 0. The summed E-state index contributed by atoms with van der Waals surface area (Å²) in [6.07, 6.45) is 2.11. The maximum absolute atomic E-state index is 3.88. The quantitative estimate of drug-likeness (QED) is 0.508. The number of allylic oxidation sites excluding steroid dienone is 1. The van der Waals surface area contributed by atoms with E-state index in [-0.39, 0.29) is 0 Å². The van der Waals surface area contributed by atoms with E-state index in [1.165, 1.54) is 10.5 Å². The minimum absolute atomic E-state index is 1.14. The van der Waals surface area contributed by atoms with Crippen LogP contribution in [0.4, 0.5) is 0 Å². The smallest absolute Gasteiger partial charge is 0.0632 e. The van der Waals surface area contributed by atoms with Crippen LogP contribution in [0.25, 0.3) is 0 Å². The molecular weight excluding hydrogens is 140 g/mol. The van der Waals surface area contributed by atoms with E-state index >= 15 is 0 Å². The molecule has 0 saturated heterocycles. The topological polar surface area (TPSA) is 0 Å². The number of fused-ring (bicyclic) bond motifs is 1. The fourth-order valence-electron chi connectivity index (χ4n) is 1.04. The van der Waals surface area contributed by atoms with Crippen LogP contribution in [0.2, 0.25) is 0 Å². The summed E-state index contributed by atoms with van der Waals surface area (Å²) < 4.78 is 0. The maximum atomic E-state index is 3.88. The monoisotopic (exact) mass is 147 g/mol. The molecule has 0 saturated carbocycles. The Morgan fingerprint density at radius 3 is 2.90 bits per heavy atom. The molecule has 1 heteroatoms. The van der Waals surface area contributed by atoms with Crippen LogP contribution < -0.4 is 0 Å². The molecule has 0 nitrogen and oxygen atoms in total. The van der Waals surface area contributed by atoms with Gasteiger partial charge in [0.2, 0.25) is 0 Å². The van der Waals surface area contributed by atoms with Crippen molar-refractivity contribution in [3.63, 3.8) is 0 Å². The van der Waals surface area contributed by atoms with Gasteiger partial charge in [-0.25, -0.2) is 0 Å². The van der Waals surface area contributed by atoms with Crippen LogP contribution in [0, 0.1) is 6.42 Å². The number of hydrogen-bond donors (Lipinski definition) is 0. The normalized spacial score (nSPS) is 14.6. The number of benzene rings is 1. The molecular formula is C9H7S-. The SMILES string of the molecule is C=C1[CH-]c2ccccc2S1. The van der Waals surface area contributed by atoms with E-state index in [2.05, 4.69) is 37.3 Å².